The summed E-state index contributed by atoms with van der Waals surface area (Å²) in [6.07, 6.45) is -2.80. The molecule has 5 rings (SSSR count). The number of unbranched alkanes of at least 4 members (excludes halogenated alkanes) is 1. The molecule has 31 heavy (non-hydrogen) atoms. The van der Waals surface area contributed by atoms with Crippen LogP contribution in [0.2, 0.25) is 0 Å². The van der Waals surface area contributed by atoms with Crippen molar-refractivity contribution in [3.8, 4) is 0 Å². The Morgan fingerprint density at radius 1 is 1.29 bits per heavy atom. The monoisotopic (exact) mass is 442 g/mol. The van der Waals surface area contributed by atoms with E-state index >= 15 is 0 Å². The minimum atomic E-state index is -5.15. The quantitative estimate of drug-likeness (QED) is 0.477. The van der Waals surface area contributed by atoms with Crippen molar-refractivity contribution in [1.29, 1.82) is 0 Å². The van der Waals surface area contributed by atoms with E-state index in [4.69, 9.17) is 9.47 Å². The van der Waals surface area contributed by atoms with Gasteiger partial charge in [-0.05, 0) is 61.3 Å². The van der Waals surface area contributed by atoms with Crippen LogP contribution in [0, 0.1) is 34.5 Å². The summed E-state index contributed by atoms with van der Waals surface area (Å²) in [4.78, 5) is 38.8. The molecule has 1 spiro atoms. The van der Waals surface area contributed by atoms with Gasteiger partial charge < -0.3 is 9.47 Å². The number of halogens is 3. The number of carbonyl (C=O) groups excluding carboxylic acids is 3. The zero-order chi connectivity index (χ0) is 22.8. The molecule has 172 valence electrons. The van der Waals surface area contributed by atoms with Gasteiger partial charge in [0, 0.05) is 0 Å². The van der Waals surface area contributed by atoms with Crippen molar-refractivity contribution < 1.29 is 37.0 Å². The van der Waals surface area contributed by atoms with Crippen LogP contribution in [-0.2, 0) is 23.9 Å². The predicted molar refractivity (Wildman–Crippen MR) is 104 cm³/mol. The van der Waals surface area contributed by atoms with E-state index in [0.717, 1.165) is 12.8 Å². The SMILES string of the molecule is C=C1C(=O)[C@]23CC[C@H]1CC2C1(CCCC)C(=O)OC[C@@H](C)C1C[C@H]3OC(=O)C(F)(F)F. The number of esters is 2. The highest BCUT2D eigenvalue weighted by atomic mass is 19.4. The Bertz CT molecular complexity index is 821. The first kappa shape index (κ1) is 22.3. The molecule has 0 radical (unpaired) electrons. The first-order valence-electron chi connectivity index (χ1n) is 11.2. The predicted octanol–water partition coefficient (Wildman–Crippen LogP) is 4.39. The highest BCUT2D eigenvalue weighted by Crippen LogP contribution is 2.69. The summed E-state index contributed by atoms with van der Waals surface area (Å²) in [6, 6.07) is 0. The van der Waals surface area contributed by atoms with Gasteiger partial charge >= 0.3 is 18.1 Å². The lowest BCUT2D eigenvalue weighted by Gasteiger charge is -2.66. The van der Waals surface area contributed by atoms with Crippen molar-refractivity contribution in [2.75, 3.05) is 6.61 Å². The second kappa shape index (κ2) is 7.34. The van der Waals surface area contributed by atoms with Crippen LogP contribution >= 0.6 is 0 Å². The molecule has 1 heterocycles. The molecule has 5 fully saturated rings. The zero-order valence-corrected chi connectivity index (χ0v) is 17.9. The van der Waals surface area contributed by atoms with Crippen LogP contribution in [0.1, 0.15) is 58.8 Å². The molecule has 5 aliphatic rings. The van der Waals surface area contributed by atoms with Crippen LogP contribution in [0.15, 0.2) is 12.2 Å². The Morgan fingerprint density at radius 3 is 2.65 bits per heavy atom. The minimum absolute atomic E-state index is 0.0575. The molecule has 3 unspecified atom stereocenters. The highest BCUT2D eigenvalue weighted by molar-refractivity contribution is 6.03. The molecular weight excluding hydrogens is 413 g/mol. The van der Waals surface area contributed by atoms with E-state index in [1.54, 1.807) is 0 Å². The molecule has 4 saturated carbocycles. The largest absolute Gasteiger partial charge is 0.490 e. The summed E-state index contributed by atoms with van der Waals surface area (Å²) in [7, 11) is 0. The van der Waals surface area contributed by atoms with Gasteiger partial charge in [0.2, 0.25) is 0 Å². The number of ketones is 1. The van der Waals surface area contributed by atoms with E-state index in [1.807, 2.05) is 13.8 Å². The highest BCUT2D eigenvalue weighted by Gasteiger charge is 2.74. The normalized spacial score (nSPS) is 42.0. The molecule has 2 bridgehead atoms. The minimum Gasteiger partial charge on any atom is -0.465 e. The molecule has 0 aromatic heterocycles. The standard InChI is InChI=1S/C23H29F3O5/c1-4-5-7-21-15(12(2)11-30-19(21)28)10-17(31-20(29)23(24,25)26)22-8-6-14(9-16(21)22)13(3)18(22)27/h12,14-17H,3-11H2,1-2H3/t12-,14+,15?,16?,17-,21?,22-/m1/s1. The topological polar surface area (TPSA) is 69.7 Å². The number of alkyl halides is 3. The van der Waals surface area contributed by atoms with Crippen molar-refractivity contribution in [1.82, 2.24) is 0 Å². The Hall–Kier alpha value is -1.86. The van der Waals surface area contributed by atoms with Gasteiger partial charge in [-0.25, -0.2) is 4.79 Å². The number of fused-ring (bicyclic) bond motifs is 3. The van der Waals surface area contributed by atoms with Gasteiger partial charge in [0.15, 0.2) is 5.78 Å². The van der Waals surface area contributed by atoms with Crippen molar-refractivity contribution >= 4 is 17.7 Å². The molecule has 8 heteroatoms. The molecule has 7 atom stereocenters. The lowest BCUT2D eigenvalue weighted by Crippen LogP contribution is -2.71. The number of hydrogen-bond donors (Lipinski definition) is 0. The maximum atomic E-state index is 13.5. The van der Waals surface area contributed by atoms with E-state index in [1.165, 1.54) is 0 Å². The van der Waals surface area contributed by atoms with Gasteiger partial charge in [0.05, 0.1) is 17.4 Å². The molecule has 0 aromatic rings. The number of ether oxygens (including phenoxy) is 2. The summed E-state index contributed by atoms with van der Waals surface area (Å²) < 4.78 is 50.0. The second-order valence-electron chi connectivity index (χ2n) is 9.87. The fraction of sp³-hybridized carbons (Fsp3) is 0.783. The second-order valence-corrected chi connectivity index (χ2v) is 9.87. The van der Waals surface area contributed by atoms with Crippen molar-refractivity contribution in [3.05, 3.63) is 12.2 Å². The number of hydrogen-bond acceptors (Lipinski definition) is 5. The molecule has 5 nitrogen and oxygen atoms in total. The third-order valence-corrected chi connectivity index (χ3v) is 8.55. The molecule has 1 aliphatic heterocycles. The zero-order valence-electron chi connectivity index (χ0n) is 17.9. The number of rotatable bonds is 4. The fourth-order valence-corrected chi connectivity index (χ4v) is 7.16. The molecule has 0 amide bonds. The molecule has 4 aliphatic carbocycles. The Balaban J connectivity index is 1.86. The van der Waals surface area contributed by atoms with E-state index in [0.29, 0.717) is 31.3 Å². The van der Waals surface area contributed by atoms with Crippen LogP contribution in [-0.4, -0.2) is 36.6 Å². The number of allylic oxidation sites excluding steroid dienone is 1. The van der Waals surface area contributed by atoms with Crippen LogP contribution in [0.4, 0.5) is 13.2 Å². The third kappa shape index (κ3) is 2.99. The Morgan fingerprint density at radius 2 is 2.00 bits per heavy atom. The molecule has 0 aromatic carbocycles. The third-order valence-electron chi connectivity index (χ3n) is 8.55. The van der Waals surface area contributed by atoms with Gasteiger partial charge in [-0.15, -0.1) is 0 Å². The number of cyclic esters (lactones) is 1. The Kier molecular flexibility index (Phi) is 5.29. The van der Waals surface area contributed by atoms with Gasteiger partial charge in [0.1, 0.15) is 6.10 Å². The van der Waals surface area contributed by atoms with Gasteiger partial charge in [-0.3, -0.25) is 9.59 Å². The van der Waals surface area contributed by atoms with Gasteiger partial charge in [-0.2, -0.15) is 13.2 Å². The molecule has 1 saturated heterocycles. The van der Waals surface area contributed by atoms with Crippen LogP contribution < -0.4 is 0 Å². The first-order chi connectivity index (χ1) is 14.5. The van der Waals surface area contributed by atoms with Crippen molar-refractivity contribution in [2.24, 2.45) is 34.5 Å². The first-order valence-corrected chi connectivity index (χ1v) is 11.2. The summed E-state index contributed by atoms with van der Waals surface area (Å²) in [5, 5.41) is 0. The number of carbonyl (C=O) groups is 3. The summed E-state index contributed by atoms with van der Waals surface area (Å²) in [5.74, 6) is -3.96. The fourth-order valence-electron chi connectivity index (χ4n) is 7.16. The van der Waals surface area contributed by atoms with Crippen LogP contribution in [0.25, 0.3) is 0 Å². The van der Waals surface area contributed by atoms with E-state index < -0.39 is 35.0 Å². The van der Waals surface area contributed by atoms with Gasteiger partial charge in [0.25, 0.3) is 0 Å². The van der Waals surface area contributed by atoms with E-state index in [-0.39, 0.29) is 42.5 Å². The van der Waals surface area contributed by atoms with Crippen molar-refractivity contribution in [3.63, 3.8) is 0 Å². The van der Waals surface area contributed by atoms with Crippen molar-refractivity contribution in [2.45, 2.75) is 71.1 Å². The Labute approximate surface area is 179 Å². The van der Waals surface area contributed by atoms with Crippen LogP contribution in [0.3, 0.4) is 0 Å². The summed E-state index contributed by atoms with van der Waals surface area (Å²) in [6.45, 7) is 8.03. The van der Waals surface area contributed by atoms with Crippen LogP contribution in [0.5, 0.6) is 0 Å². The average Bonchev–Trinajstić information content (AvgIpc) is 2.72. The van der Waals surface area contributed by atoms with Gasteiger partial charge in [-0.1, -0.05) is 33.3 Å². The summed E-state index contributed by atoms with van der Waals surface area (Å²) in [5.41, 5.74) is -1.89. The molecular formula is C23H29F3O5. The lowest BCUT2D eigenvalue weighted by molar-refractivity contribution is -0.247. The lowest BCUT2D eigenvalue weighted by atomic mass is 9.37. The smallest absolute Gasteiger partial charge is 0.465 e. The number of Topliss-reactive ketones (excluding diaryl/α,β-unsaturated/α-hetero) is 1. The van der Waals surface area contributed by atoms with E-state index in [2.05, 4.69) is 6.58 Å². The average molecular weight is 442 g/mol. The molecule has 0 N–H and O–H groups in total. The maximum absolute atomic E-state index is 13.5. The maximum Gasteiger partial charge on any atom is 0.490 e. The van der Waals surface area contributed by atoms with E-state index in [9.17, 15) is 27.6 Å². The summed E-state index contributed by atoms with van der Waals surface area (Å²) >= 11 is 0.